The van der Waals surface area contributed by atoms with E-state index in [4.69, 9.17) is 10.5 Å². The lowest BCUT2D eigenvalue weighted by Gasteiger charge is -2.19. The molecule has 4 heteroatoms. The van der Waals surface area contributed by atoms with E-state index in [1.54, 1.807) is 7.11 Å². The van der Waals surface area contributed by atoms with Crippen LogP contribution in [0.25, 0.3) is 0 Å². The van der Waals surface area contributed by atoms with Gasteiger partial charge in [-0.05, 0) is 23.1 Å². The Morgan fingerprint density at radius 3 is 2.32 bits per heavy atom. The third-order valence-corrected chi connectivity index (χ3v) is 3.00. The lowest BCUT2D eigenvalue weighted by atomic mass is 9.86. The highest BCUT2D eigenvalue weighted by Crippen LogP contribution is 2.22. The molecule has 1 aromatic carbocycles. The highest BCUT2D eigenvalue weighted by molar-refractivity contribution is 5.94. The summed E-state index contributed by atoms with van der Waals surface area (Å²) in [6.45, 7) is 7.21. The molecule has 1 aromatic rings. The van der Waals surface area contributed by atoms with Crippen molar-refractivity contribution in [3.05, 3.63) is 35.4 Å². The average molecular weight is 264 g/mol. The molecule has 3 N–H and O–H groups in total. The summed E-state index contributed by atoms with van der Waals surface area (Å²) in [7, 11) is 1.59. The Hall–Kier alpha value is -1.39. The first-order valence-corrected chi connectivity index (χ1v) is 6.49. The molecule has 106 valence electrons. The zero-order valence-electron chi connectivity index (χ0n) is 12.2. The predicted octanol–water partition coefficient (Wildman–Crippen LogP) is 1.69. The van der Waals surface area contributed by atoms with Crippen molar-refractivity contribution in [1.29, 1.82) is 0 Å². The van der Waals surface area contributed by atoms with Crippen LogP contribution in [0.1, 0.15) is 36.7 Å². The fraction of sp³-hybridized carbons (Fsp3) is 0.533. The molecule has 0 bridgehead atoms. The Kier molecular flexibility index (Phi) is 5.51. The normalized spacial score (nSPS) is 13.1. The molecule has 0 saturated heterocycles. The van der Waals surface area contributed by atoms with Gasteiger partial charge >= 0.3 is 0 Å². The average Bonchev–Trinajstić information content (AvgIpc) is 2.37. The number of rotatable bonds is 5. The van der Waals surface area contributed by atoms with E-state index >= 15 is 0 Å². The van der Waals surface area contributed by atoms with Crippen LogP contribution >= 0.6 is 0 Å². The van der Waals surface area contributed by atoms with Crippen molar-refractivity contribution in [3.8, 4) is 0 Å². The third kappa shape index (κ3) is 4.65. The third-order valence-electron chi connectivity index (χ3n) is 3.00. The lowest BCUT2D eigenvalue weighted by molar-refractivity contribution is 0.0900. The zero-order chi connectivity index (χ0) is 14.5. The van der Waals surface area contributed by atoms with Gasteiger partial charge in [0.05, 0.1) is 12.6 Å². The van der Waals surface area contributed by atoms with E-state index in [-0.39, 0.29) is 17.4 Å². The number of nitrogens with two attached hydrogens (primary N) is 1. The summed E-state index contributed by atoms with van der Waals surface area (Å²) in [4.78, 5) is 12.0. The SMILES string of the molecule is COCC(CN)NC(=O)c1ccc(C(C)(C)C)cc1. The van der Waals surface area contributed by atoms with Crippen LogP contribution in [-0.2, 0) is 10.2 Å². The summed E-state index contributed by atoms with van der Waals surface area (Å²) >= 11 is 0. The van der Waals surface area contributed by atoms with Gasteiger partial charge in [-0.2, -0.15) is 0 Å². The molecule has 0 aliphatic carbocycles. The zero-order valence-corrected chi connectivity index (χ0v) is 12.2. The van der Waals surface area contributed by atoms with Gasteiger partial charge in [0.25, 0.3) is 5.91 Å². The summed E-state index contributed by atoms with van der Waals surface area (Å²) in [5, 5.41) is 2.85. The quantitative estimate of drug-likeness (QED) is 0.850. The summed E-state index contributed by atoms with van der Waals surface area (Å²) < 4.78 is 5.00. The van der Waals surface area contributed by atoms with Gasteiger partial charge in [0.15, 0.2) is 0 Å². The molecule has 0 fully saturated rings. The van der Waals surface area contributed by atoms with Crippen LogP contribution in [-0.4, -0.2) is 32.2 Å². The molecule has 1 atom stereocenters. The molecule has 0 radical (unpaired) electrons. The minimum atomic E-state index is -0.153. The maximum atomic E-state index is 12.0. The van der Waals surface area contributed by atoms with Crippen LogP contribution in [0.4, 0.5) is 0 Å². The molecule has 1 unspecified atom stereocenters. The molecule has 1 amide bonds. The number of hydrogen-bond acceptors (Lipinski definition) is 3. The Bertz CT molecular complexity index is 407. The molecule has 4 nitrogen and oxygen atoms in total. The first-order valence-electron chi connectivity index (χ1n) is 6.49. The fourth-order valence-corrected chi connectivity index (χ4v) is 1.76. The molecule has 19 heavy (non-hydrogen) atoms. The highest BCUT2D eigenvalue weighted by Gasteiger charge is 2.15. The maximum absolute atomic E-state index is 12.0. The first-order chi connectivity index (χ1) is 8.88. The van der Waals surface area contributed by atoms with Crippen molar-refractivity contribution in [1.82, 2.24) is 5.32 Å². The second kappa shape index (κ2) is 6.68. The molecular weight excluding hydrogens is 240 g/mol. The van der Waals surface area contributed by atoms with E-state index in [9.17, 15) is 4.79 Å². The first kappa shape index (κ1) is 15.7. The molecule has 0 aliphatic rings. The number of hydrogen-bond donors (Lipinski definition) is 2. The number of ether oxygens (including phenoxy) is 1. The van der Waals surface area contributed by atoms with Crippen LogP contribution in [0.3, 0.4) is 0 Å². The molecule has 0 spiro atoms. The van der Waals surface area contributed by atoms with Gasteiger partial charge in [0.1, 0.15) is 0 Å². The van der Waals surface area contributed by atoms with Crippen molar-refractivity contribution in [2.75, 3.05) is 20.3 Å². The number of carbonyl (C=O) groups excluding carboxylic acids is 1. The second-order valence-corrected chi connectivity index (χ2v) is 5.69. The van der Waals surface area contributed by atoms with Gasteiger partial charge in [-0.1, -0.05) is 32.9 Å². The molecule has 1 rings (SSSR count). The van der Waals surface area contributed by atoms with E-state index in [0.29, 0.717) is 18.7 Å². The molecular formula is C15H24N2O2. The van der Waals surface area contributed by atoms with E-state index in [1.165, 1.54) is 5.56 Å². The van der Waals surface area contributed by atoms with Crippen LogP contribution < -0.4 is 11.1 Å². The molecule has 0 aromatic heterocycles. The number of benzene rings is 1. The lowest BCUT2D eigenvalue weighted by Crippen LogP contribution is -2.43. The standard InChI is InChI=1S/C15H24N2O2/c1-15(2,3)12-7-5-11(6-8-12)14(18)17-13(9-16)10-19-4/h5-8,13H,9-10,16H2,1-4H3,(H,17,18). The summed E-state index contributed by atoms with van der Waals surface area (Å²) in [5.41, 5.74) is 7.51. The van der Waals surface area contributed by atoms with Crippen molar-refractivity contribution in [2.45, 2.75) is 32.2 Å². The van der Waals surface area contributed by atoms with Gasteiger partial charge in [-0.3, -0.25) is 4.79 Å². The molecule has 0 saturated carbocycles. The maximum Gasteiger partial charge on any atom is 0.251 e. The van der Waals surface area contributed by atoms with Gasteiger partial charge in [-0.15, -0.1) is 0 Å². The second-order valence-electron chi connectivity index (χ2n) is 5.69. The minimum Gasteiger partial charge on any atom is -0.383 e. The summed E-state index contributed by atoms with van der Waals surface area (Å²) in [6, 6.07) is 7.51. The monoisotopic (exact) mass is 264 g/mol. The number of carbonyl (C=O) groups is 1. The smallest absolute Gasteiger partial charge is 0.251 e. The van der Waals surface area contributed by atoms with Crippen molar-refractivity contribution in [2.24, 2.45) is 5.73 Å². The van der Waals surface area contributed by atoms with E-state index in [1.807, 2.05) is 24.3 Å². The number of nitrogens with one attached hydrogen (secondary N) is 1. The Morgan fingerprint density at radius 2 is 1.89 bits per heavy atom. The van der Waals surface area contributed by atoms with E-state index in [0.717, 1.165) is 0 Å². The minimum absolute atomic E-state index is 0.0881. The van der Waals surface area contributed by atoms with Crippen molar-refractivity contribution in [3.63, 3.8) is 0 Å². The van der Waals surface area contributed by atoms with Gasteiger partial charge in [0, 0.05) is 19.2 Å². The van der Waals surface area contributed by atoms with Crippen LogP contribution in [0.15, 0.2) is 24.3 Å². The highest BCUT2D eigenvalue weighted by atomic mass is 16.5. The largest absolute Gasteiger partial charge is 0.383 e. The fourth-order valence-electron chi connectivity index (χ4n) is 1.76. The van der Waals surface area contributed by atoms with Gasteiger partial charge < -0.3 is 15.8 Å². The molecule has 0 aliphatic heterocycles. The van der Waals surface area contributed by atoms with Crippen molar-refractivity contribution >= 4 is 5.91 Å². The van der Waals surface area contributed by atoms with Crippen LogP contribution in [0.5, 0.6) is 0 Å². The van der Waals surface area contributed by atoms with Crippen LogP contribution in [0.2, 0.25) is 0 Å². The van der Waals surface area contributed by atoms with E-state index in [2.05, 4.69) is 26.1 Å². The topological polar surface area (TPSA) is 64.3 Å². The summed E-state index contributed by atoms with van der Waals surface area (Å²) in [5.74, 6) is -0.118. The van der Waals surface area contributed by atoms with Gasteiger partial charge in [0.2, 0.25) is 0 Å². The molecule has 0 heterocycles. The Morgan fingerprint density at radius 1 is 1.32 bits per heavy atom. The number of amides is 1. The summed E-state index contributed by atoms with van der Waals surface area (Å²) in [6.07, 6.45) is 0. The van der Waals surface area contributed by atoms with Crippen molar-refractivity contribution < 1.29 is 9.53 Å². The predicted molar refractivity (Wildman–Crippen MR) is 77.3 cm³/mol. The Labute approximate surface area is 115 Å². The van der Waals surface area contributed by atoms with Gasteiger partial charge in [-0.25, -0.2) is 0 Å². The van der Waals surface area contributed by atoms with Crippen LogP contribution in [0, 0.1) is 0 Å². The Balaban J connectivity index is 2.73. The number of methoxy groups -OCH3 is 1. The van der Waals surface area contributed by atoms with E-state index < -0.39 is 0 Å².